The van der Waals surface area contributed by atoms with Crippen molar-refractivity contribution in [3.63, 3.8) is 0 Å². The maximum atomic E-state index is 12.0. The Balaban J connectivity index is 1.91. The molecule has 1 aliphatic rings. The fourth-order valence-electron chi connectivity index (χ4n) is 3.45. The average molecular weight is 364 g/mol. The van der Waals surface area contributed by atoms with Crippen molar-refractivity contribution >= 4 is 17.0 Å². The van der Waals surface area contributed by atoms with Gasteiger partial charge in [0.2, 0.25) is 0 Å². The van der Waals surface area contributed by atoms with E-state index in [2.05, 4.69) is 6.07 Å². The standard InChI is InChI=1S/C20H20N4O3/c1-23-18-15(8-13(20(25)27-3)9-17(18)26-2)22-19(23)16-7-6-14(10-21)24(16)11-12-4-5-12/h6-9,12H,4-5,11H2,1-3H3. The molecule has 0 spiro atoms. The van der Waals surface area contributed by atoms with Gasteiger partial charge in [-0.05, 0) is 43.0 Å². The van der Waals surface area contributed by atoms with E-state index in [1.54, 1.807) is 19.2 Å². The third kappa shape index (κ3) is 2.83. The normalized spacial score (nSPS) is 13.6. The molecule has 1 aromatic carbocycles. The fourth-order valence-corrected chi connectivity index (χ4v) is 3.45. The Labute approximate surface area is 156 Å². The average Bonchev–Trinajstić information content (AvgIpc) is 3.33. The number of ether oxygens (including phenoxy) is 2. The van der Waals surface area contributed by atoms with Gasteiger partial charge in [-0.3, -0.25) is 0 Å². The molecule has 0 saturated heterocycles. The number of nitriles is 1. The quantitative estimate of drug-likeness (QED) is 0.650. The van der Waals surface area contributed by atoms with Crippen LogP contribution in [0.2, 0.25) is 0 Å². The van der Waals surface area contributed by atoms with Crippen molar-refractivity contribution in [2.45, 2.75) is 19.4 Å². The predicted octanol–water partition coefficient (Wildman–Crippen LogP) is 3.12. The Hall–Kier alpha value is -3.27. The van der Waals surface area contributed by atoms with Gasteiger partial charge in [0.05, 0.1) is 31.0 Å². The number of esters is 1. The van der Waals surface area contributed by atoms with Gasteiger partial charge in [-0.25, -0.2) is 9.78 Å². The van der Waals surface area contributed by atoms with Crippen LogP contribution in [0.1, 0.15) is 28.9 Å². The van der Waals surface area contributed by atoms with E-state index in [4.69, 9.17) is 14.5 Å². The molecular formula is C20H20N4O3. The third-order valence-electron chi connectivity index (χ3n) is 5.04. The molecule has 0 unspecified atom stereocenters. The third-order valence-corrected chi connectivity index (χ3v) is 5.04. The van der Waals surface area contributed by atoms with Crippen molar-refractivity contribution in [2.24, 2.45) is 13.0 Å². The topological polar surface area (TPSA) is 82.1 Å². The highest BCUT2D eigenvalue weighted by molar-refractivity contribution is 5.97. The molecule has 0 radical (unpaired) electrons. The van der Waals surface area contributed by atoms with E-state index in [9.17, 15) is 10.1 Å². The fraction of sp³-hybridized carbons (Fsp3) is 0.350. The number of carbonyl (C=O) groups is 1. The SMILES string of the molecule is COC(=O)c1cc(OC)c2c(c1)nc(-c1ccc(C#N)n1CC1CC1)n2C. The Morgan fingerprint density at radius 1 is 1.33 bits per heavy atom. The van der Waals surface area contributed by atoms with Crippen LogP contribution in [-0.2, 0) is 18.3 Å². The van der Waals surface area contributed by atoms with Gasteiger partial charge in [-0.15, -0.1) is 0 Å². The molecule has 0 amide bonds. The van der Waals surface area contributed by atoms with Crippen LogP contribution < -0.4 is 4.74 Å². The number of methoxy groups -OCH3 is 2. The molecule has 1 fully saturated rings. The molecule has 0 bridgehead atoms. The number of hydrogen-bond donors (Lipinski definition) is 0. The first-order valence-electron chi connectivity index (χ1n) is 8.80. The van der Waals surface area contributed by atoms with Gasteiger partial charge >= 0.3 is 5.97 Å². The highest BCUT2D eigenvalue weighted by atomic mass is 16.5. The number of aromatic nitrogens is 3. The van der Waals surface area contributed by atoms with Crippen molar-refractivity contribution in [3.8, 4) is 23.3 Å². The number of aryl methyl sites for hydroxylation is 1. The van der Waals surface area contributed by atoms with Crippen LogP contribution in [0.3, 0.4) is 0 Å². The minimum Gasteiger partial charge on any atom is -0.494 e. The van der Waals surface area contributed by atoms with E-state index >= 15 is 0 Å². The van der Waals surface area contributed by atoms with Gasteiger partial charge in [0.25, 0.3) is 0 Å². The van der Waals surface area contributed by atoms with Gasteiger partial charge in [-0.2, -0.15) is 5.26 Å². The number of hydrogen-bond acceptors (Lipinski definition) is 5. The first-order valence-corrected chi connectivity index (χ1v) is 8.80. The lowest BCUT2D eigenvalue weighted by molar-refractivity contribution is 0.0600. The van der Waals surface area contributed by atoms with E-state index in [-0.39, 0.29) is 0 Å². The Morgan fingerprint density at radius 3 is 2.74 bits per heavy atom. The van der Waals surface area contributed by atoms with Crippen LogP contribution in [0.15, 0.2) is 24.3 Å². The van der Waals surface area contributed by atoms with Crippen molar-refractivity contribution in [1.82, 2.24) is 14.1 Å². The maximum Gasteiger partial charge on any atom is 0.338 e. The molecular weight excluding hydrogens is 344 g/mol. The summed E-state index contributed by atoms with van der Waals surface area (Å²) in [4.78, 5) is 16.7. The van der Waals surface area contributed by atoms with Crippen LogP contribution in [0.25, 0.3) is 22.6 Å². The monoisotopic (exact) mass is 364 g/mol. The molecule has 4 rings (SSSR count). The minimum absolute atomic E-state index is 0.387. The molecule has 138 valence electrons. The molecule has 7 nitrogen and oxygen atoms in total. The number of rotatable bonds is 5. The van der Waals surface area contributed by atoms with Crippen LogP contribution in [-0.4, -0.2) is 34.3 Å². The number of benzene rings is 1. The summed E-state index contributed by atoms with van der Waals surface area (Å²) in [6.45, 7) is 0.818. The van der Waals surface area contributed by atoms with Crippen LogP contribution in [0.4, 0.5) is 0 Å². The smallest absolute Gasteiger partial charge is 0.338 e. The summed E-state index contributed by atoms with van der Waals surface area (Å²) in [5, 5.41) is 9.46. The maximum absolute atomic E-state index is 12.0. The van der Waals surface area contributed by atoms with Crippen molar-refractivity contribution < 1.29 is 14.3 Å². The van der Waals surface area contributed by atoms with Gasteiger partial charge in [0.1, 0.15) is 23.0 Å². The summed E-state index contributed by atoms with van der Waals surface area (Å²) in [6.07, 6.45) is 2.39. The number of carbonyl (C=O) groups excluding carboxylic acids is 1. The number of fused-ring (bicyclic) bond motifs is 1. The van der Waals surface area contributed by atoms with E-state index < -0.39 is 5.97 Å². The lowest BCUT2D eigenvalue weighted by atomic mass is 10.2. The zero-order chi connectivity index (χ0) is 19.1. The molecule has 1 saturated carbocycles. The number of imidazole rings is 1. The molecule has 2 heterocycles. The van der Waals surface area contributed by atoms with Crippen LogP contribution >= 0.6 is 0 Å². The summed E-state index contributed by atoms with van der Waals surface area (Å²) >= 11 is 0. The molecule has 27 heavy (non-hydrogen) atoms. The van der Waals surface area contributed by atoms with Crippen LogP contribution in [0.5, 0.6) is 5.75 Å². The largest absolute Gasteiger partial charge is 0.494 e. The molecule has 2 aromatic heterocycles. The van der Waals surface area contributed by atoms with E-state index in [1.807, 2.05) is 28.3 Å². The highest BCUT2D eigenvalue weighted by Crippen LogP contribution is 2.35. The molecule has 0 N–H and O–H groups in total. The summed E-state index contributed by atoms with van der Waals surface area (Å²) in [6, 6.07) is 9.38. The lowest BCUT2D eigenvalue weighted by Crippen LogP contribution is -2.06. The Bertz CT molecular complexity index is 1080. The minimum atomic E-state index is -0.439. The zero-order valence-corrected chi connectivity index (χ0v) is 15.5. The molecule has 0 atom stereocenters. The zero-order valence-electron chi connectivity index (χ0n) is 15.5. The van der Waals surface area contributed by atoms with Crippen molar-refractivity contribution in [2.75, 3.05) is 14.2 Å². The molecule has 0 aliphatic heterocycles. The van der Waals surface area contributed by atoms with E-state index in [0.29, 0.717) is 28.4 Å². The highest BCUT2D eigenvalue weighted by Gasteiger charge is 2.26. The van der Waals surface area contributed by atoms with Crippen LogP contribution in [0, 0.1) is 17.2 Å². The van der Waals surface area contributed by atoms with Gasteiger partial charge < -0.3 is 18.6 Å². The van der Waals surface area contributed by atoms with Crippen molar-refractivity contribution in [1.29, 1.82) is 5.26 Å². The first-order chi connectivity index (χ1) is 13.1. The summed E-state index contributed by atoms with van der Waals surface area (Å²) in [5.41, 5.74) is 3.34. The summed E-state index contributed by atoms with van der Waals surface area (Å²) in [7, 11) is 4.81. The second-order valence-corrected chi connectivity index (χ2v) is 6.80. The second-order valence-electron chi connectivity index (χ2n) is 6.80. The lowest BCUT2D eigenvalue weighted by Gasteiger charge is -2.10. The van der Waals surface area contributed by atoms with Gasteiger partial charge in [-0.1, -0.05) is 0 Å². The van der Waals surface area contributed by atoms with Gasteiger partial charge in [0.15, 0.2) is 5.82 Å². The first kappa shape index (κ1) is 17.2. The number of nitrogens with zero attached hydrogens (tertiary/aromatic N) is 4. The van der Waals surface area contributed by atoms with Gasteiger partial charge in [0, 0.05) is 13.6 Å². The molecule has 1 aliphatic carbocycles. The summed E-state index contributed by atoms with van der Waals surface area (Å²) in [5.74, 6) is 1.46. The summed E-state index contributed by atoms with van der Waals surface area (Å²) < 4.78 is 14.3. The second kappa shape index (κ2) is 6.47. The van der Waals surface area contributed by atoms with E-state index in [0.717, 1.165) is 23.6 Å². The molecule has 7 heteroatoms. The molecule has 3 aromatic rings. The Kier molecular flexibility index (Phi) is 4.11. The van der Waals surface area contributed by atoms with Crippen molar-refractivity contribution in [3.05, 3.63) is 35.5 Å². The predicted molar refractivity (Wildman–Crippen MR) is 99.5 cm³/mol. The Morgan fingerprint density at radius 2 is 2.11 bits per heavy atom. The van der Waals surface area contributed by atoms with E-state index in [1.165, 1.54) is 20.0 Å².